The second kappa shape index (κ2) is 6.22. The van der Waals surface area contributed by atoms with E-state index in [4.69, 9.17) is 4.74 Å². The highest BCUT2D eigenvalue weighted by Gasteiger charge is 2.03. The van der Waals surface area contributed by atoms with Gasteiger partial charge in [0.2, 0.25) is 0 Å². The molecule has 1 aromatic carbocycles. The Bertz CT molecular complexity index is 728. The number of aromatic nitrogens is 2. The van der Waals surface area contributed by atoms with E-state index < -0.39 is 0 Å². The summed E-state index contributed by atoms with van der Waals surface area (Å²) in [5.74, 6) is 1.76. The molecular weight excluding hydrogens is 262 g/mol. The first-order chi connectivity index (χ1) is 10.4. The smallest absolute Gasteiger partial charge is 0.133 e. The van der Waals surface area contributed by atoms with Gasteiger partial charge in [-0.05, 0) is 53.8 Å². The van der Waals surface area contributed by atoms with Crippen molar-refractivity contribution in [2.45, 2.75) is 6.42 Å². The third-order valence-electron chi connectivity index (χ3n) is 3.43. The largest absolute Gasteiger partial charge is 0.497 e. The third kappa shape index (κ3) is 3.11. The normalized spacial score (nSPS) is 10.5. The van der Waals surface area contributed by atoms with E-state index in [1.807, 2.05) is 55.0 Å². The van der Waals surface area contributed by atoms with Crippen LogP contribution in [0.4, 0.5) is 5.82 Å². The number of ether oxygens (including phenoxy) is 1. The number of fused-ring (bicyclic) bond motifs is 1. The predicted octanol–water partition coefficient (Wildman–Crippen LogP) is 3.29. The Hall–Kier alpha value is -2.62. The molecule has 3 rings (SSSR count). The van der Waals surface area contributed by atoms with Gasteiger partial charge in [-0.15, -0.1) is 0 Å². The van der Waals surface area contributed by atoms with Crippen molar-refractivity contribution in [1.29, 1.82) is 0 Å². The van der Waals surface area contributed by atoms with Crippen LogP contribution in [0.1, 0.15) is 5.56 Å². The van der Waals surface area contributed by atoms with Crippen LogP contribution in [0.2, 0.25) is 0 Å². The molecule has 1 N–H and O–H groups in total. The summed E-state index contributed by atoms with van der Waals surface area (Å²) in [6, 6.07) is 12.1. The molecule has 2 aromatic heterocycles. The Morgan fingerprint density at radius 3 is 2.71 bits per heavy atom. The van der Waals surface area contributed by atoms with Crippen LogP contribution >= 0.6 is 0 Å². The van der Waals surface area contributed by atoms with Crippen molar-refractivity contribution in [2.75, 3.05) is 19.0 Å². The van der Waals surface area contributed by atoms with Gasteiger partial charge in [-0.1, -0.05) is 0 Å². The SMILES string of the molecule is COc1ccc2c(NCCc3ccncc3)nccc2c1. The molecule has 0 radical (unpaired) electrons. The van der Waals surface area contributed by atoms with Gasteiger partial charge in [0.05, 0.1) is 7.11 Å². The topological polar surface area (TPSA) is 47.0 Å². The summed E-state index contributed by atoms with van der Waals surface area (Å²) in [7, 11) is 1.68. The zero-order valence-corrected chi connectivity index (χ0v) is 11.9. The van der Waals surface area contributed by atoms with Crippen LogP contribution in [-0.4, -0.2) is 23.6 Å². The fourth-order valence-electron chi connectivity index (χ4n) is 2.30. The fraction of sp³-hybridized carbons (Fsp3) is 0.176. The molecule has 3 aromatic rings. The minimum atomic E-state index is 0.835. The lowest BCUT2D eigenvalue weighted by Gasteiger charge is -2.09. The number of pyridine rings is 2. The van der Waals surface area contributed by atoms with Gasteiger partial charge < -0.3 is 10.1 Å². The molecule has 0 atom stereocenters. The lowest BCUT2D eigenvalue weighted by molar-refractivity contribution is 0.415. The van der Waals surface area contributed by atoms with Gasteiger partial charge in [-0.2, -0.15) is 0 Å². The van der Waals surface area contributed by atoms with Crippen LogP contribution in [0.25, 0.3) is 10.8 Å². The van der Waals surface area contributed by atoms with Gasteiger partial charge in [-0.25, -0.2) is 4.98 Å². The van der Waals surface area contributed by atoms with Gasteiger partial charge in [-0.3, -0.25) is 4.98 Å². The van der Waals surface area contributed by atoms with Crippen molar-refractivity contribution in [2.24, 2.45) is 0 Å². The zero-order valence-electron chi connectivity index (χ0n) is 11.9. The van der Waals surface area contributed by atoms with Crippen molar-refractivity contribution >= 4 is 16.6 Å². The maximum atomic E-state index is 5.25. The molecule has 2 heterocycles. The number of hydrogen-bond donors (Lipinski definition) is 1. The van der Waals surface area contributed by atoms with E-state index in [0.29, 0.717) is 0 Å². The average molecular weight is 279 g/mol. The lowest BCUT2D eigenvalue weighted by Crippen LogP contribution is -2.06. The summed E-state index contributed by atoms with van der Waals surface area (Å²) in [6.07, 6.45) is 6.39. The monoisotopic (exact) mass is 279 g/mol. The number of nitrogens with one attached hydrogen (secondary N) is 1. The summed E-state index contributed by atoms with van der Waals surface area (Å²) >= 11 is 0. The Morgan fingerprint density at radius 2 is 1.90 bits per heavy atom. The predicted molar refractivity (Wildman–Crippen MR) is 84.7 cm³/mol. The first-order valence-electron chi connectivity index (χ1n) is 6.92. The Morgan fingerprint density at radius 1 is 1.05 bits per heavy atom. The molecular formula is C17H17N3O. The molecule has 0 aliphatic carbocycles. The minimum absolute atomic E-state index is 0.835. The van der Waals surface area contributed by atoms with Crippen molar-refractivity contribution in [3.05, 3.63) is 60.6 Å². The van der Waals surface area contributed by atoms with Crippen molar-refractivity contribution < 1.29 is 4.74 Å². The standard InChI is InChI=1S/C17H17N3O/c1-21-15-2-3-16-14(12-15)7-11-20-17(16)19-10-6-13-4-8-18-9-5-13/h2-5,7-9,11-12H,6,10H2,1H3,(H,19,20). The molecule has 0 bridgehead atoms. The molecule has 0 aliphatic rings. The first-order valence-corrected chi connectivity index (χ1v) is 6.92. The molecule has 0 spiro atoms. The van der Waals surface area contributed by atoms with E-state index in [2.05, 4.69) is 15.3 Å². The van der Waals surface area contributed by atoms with Crippen LogP contribution in [0.5, 0.6) is 5.75 Å². The molecule has 4 heteroatoms. The summed E-state index contributed by atoms with van der Waals surface area (Å²) in [5, 5.41) is 5.63. The van der Waals surface area contributed by atoms with E-state index in [1.54, 1.807) is 7.11 Å². The Labute approximate surface area is 123 Å². The molecule has 0 amide bonds. The quantitative estimate of drug-likeness (QED) is 0.778. The highest BCUT2D eigenvalue weighted by molar-refractivity contribution is 5.92. The number of anilines is 1. The van der Waals surface area contributed by atoms with E-state index >= 15 is 0 Å². The van der Waals surface area contributed by atoms with E-state index in [1.165, 1.54) is 5.56 Å². The highest BCUT2D eigenvalue weighted by Crippen LogP contribution is 2.25. The second-order valence-electron chi connectivity index (χ2n) is 4.78. The number of methoxy groups -OCH3 is 1. The fourth-order valence-corrected chi connectivity index (χ4v) is 2.30. The van der Waals surface area contributed by atoms with E-state index in [0.717, 1.165) is 35.3 Å². The molecule has 21 heavy (non-hydrogen) atoms. The molecule has 4 nitrogen and oxygen atoms in total. The summed E-state index contributed by atoms with van der Waals surface area (Å²) < 4.78 is 5.25. The summed E-state index contributed by atoms with van der Waals surface area (Å²) in [6.45, 7) is 0.835. The number of rotatable bonds is 5. The molecule has 0 unspecified atom stereocenters. The van der Waals surface area contributed by atoms with Crippen LogP contribution in [0.3, 0.4) is 0 Å². The molecule has 0 saturated heterocycles. The Balaban J connectivity index is 1.75. The third-order valence-corrected chi connectivity index (χ3v) is 3.43. The molecule has 106 valence electrons. The van der Waals surface area contributed by atoms with Crippen molar-refractivity contribution in [1.82, 2.24) is 9.97 Å². The van der Waals surface area contributed by atoms with Gasteiger partial charge in [0.15, 0.2) is 0 Å². The van der Waals surface area contributed by atoms with Gasteiger partial charge in [0.25, 0.3) is 0 Å². The zero-order chi connectivity index (χ0) is 14.5. The maximum Gasteiger partial charge on any atom is 0.133 e. The highest BCUT2D eigenvalue weighted by atomic mass is 16.5. The van der Waals surface area contributed by atoms with Gasteiger partial charge in [0, 0.05) is 30.5 Å². The van der Waals surface area contributed by atoms with E-state index in [9.17, 15) is 0 Å². The van der Waals surface area contributed by atoms with Gasteiger partial charge in [0.1, 0.15) is 11.6 Å². The van der Waals surface area contributed by atoms with Crippen LogP contribution in [0, 0.1) is 0 Å². The average Bonchev–Trinajstić information content (AvgIpc) is 2.55. The van der Waals surface area contributed by atoms with Crippen LogP contribution in [-0.2, 0) is 6.42 Å². The number of benzene rings is 1. The summed E-state index contributed by atoms with van der Waals surface area (Å²) in [5.41, 5.74) is 1.26. The van der Waals surface area contributed by atoms with Gasteiger partial charge >= 0.3 is 0 Å². The minimum Gasteiger partial charge on any atom is -0.497 e. The second-order valence-corrected chi connectivity index (χ2v) is 4.78. The van der Waals surface area contributed by atoms with Crippen LogP contribution < -0.4 is 10.1 Å². The number of hydrogen-bond acceptors (Lipinski definition) is 4. The molecule has 0 saturated carbocycles. The lowest BCUT2D eigenvalue weighted by atomic mass is 10.1. The Kier molecular flexibility index (Phi) is 3.96. The maximum absolute atomic E-state index is 5.25. The molecule has 0 fully saturated rings. The first kappa shape index (κ1) is 13.4. The van der Waals surface area contributed by atoms with Crippen LogP contribution in [0.15, 0.2) is 55.0 Å². The van der Waals surface area contributed by atoms with Crippen molar-refractivity contribution in [3.63, 3.8) is 0 Å². The van der Waals surface area contributed by atoms with Crippen molar-refractivity contribution in [3.8, 4) is 5.75 Å². The molecule has 0 aliphatic heterocycles. The van der Waals surface area contributed by atoms with E-state index in [-0.39, 0.29) is 0 Å². The number of nitrogens with zero attached hydrogens (tertiary/aromatic N) is 2. The summed E-state index contributed by atoms with van der Waals surface area (Å²) in [4.78, 5) is 8.45.